The van der Waals surface area contributed by atoms with Crippen molar-refractivity contribution >= 4 is 52.3 Å². The number of oxazole rings is 1. The summed E-state index contributed by atoms with van der Waals surface area (Å²) >= 11 is 0. The lowest BCUT2D eigenvalue weighted by Gasteiger charge is -2.36. The Bertz CT molecular complexity index is 1480. The lowest BCUT2D eigenvalue weighted by molar-refractivity contribution is -0.161. The van der Waals surface area contributed by atoms with Gasteiger partial charge >= 0.3 is 5.97 Å². The van der Waals surface area contributed by atoms with Crippen molar-refractivity contribution in [3.8, 4) is 0 Å². The second kappa shape index (κ2) is 13.8. The molecule has 0 spiro atoms. The fourth-order valence-corrected chi connectivity index (χ4v) is 5.93. The maximum absolute atomic E-state index is 14.2. The van der Waals surface area contributed by atoms with E-state index in [-0.39, 0.29) is 31.2 Å². The molecule has 2 aromatic rings. The molecule has 1 unspecified atom stereocenters. The summed E-state index contributed by atoms with van der Waals surface area (Å²) in [6.07, 6.45) is 0.239. The van der Waals surface area contributed by atoms with Crippen LogP contribution in [0.25, 0.3) is 11.1 Å². The standard InChI is InChI=1S/C31H39N5O9/c1-16(2)24(32)30(43)36(22(37)15-34-13-11-18(14-23(38)39)26(40)31(34)44)29(42)20-9-7-12-35(20)25(17(3)4)27(41)28-33-19-8-5-6-10-21(19)45-28/h5-6,8,10,16-18,20,24-25H,7,9,11-15,32H2,1-4H3,(H,38,39)/t18?,20-,24-,25-/m0/s1. The summed E-state index contributed by atoms with van der Waals surface area (Å²) < 4.78 is 5.73. The minimum absolute atomic E-state index is 0.0158. The normalized spacial score (nSPS) is 20.6. The molecule has 4 rings (SSSR count). The number of hydrogen-bond acceptors (Lipinski definition) is 11. The lowest BCUT2D eigenvalue weighted by atomic mass is 9.91. The Labute approximate surface area is 259 Å². The number of nitrogens with two attached hydrogens (primary N) is 1. The third-order valence-corrected chi connectivity index (χ3v) is 8.40. The predicted molar refractivity (Wildman–Crippen MR) is 158 cm³/mol. The van der Waals surface area contributed by atoms with E-state index >= 15 is 0 Å². The molecule has 4 atom stereocenters. The summed E-state index contributed by atoms with van der Waals surface area (Å²) in [5.41, 5.74) is 7.05. The molecule has 1 aromatic carbocycles. The number of hydrogen-bond donors (Lipinski definition) is 2. The van der Waals surface area contributed by atoms with E-state index in [4.69, 9.17) is 15.3 Å². The van der Waals surface area contributed by atoms with Crippen molar-refractivity contribution in [2.75, 3.05) is 19.6 Å². The minimum Gasteiger partial charge on any atom is -0.481 e. The van der Waals surface area contributed by atoms with E-state index in [1.807, 2.05) is 13.8 Å². The zero-order chi connectivity index (χ0) is 33.2. The van der Waals surface area contributed by atoms with Gasteiger partial charge in [0.05, 0.1) is 24.5 Å². The first-order chi connectivity index (χ1) is 21.2. The summed E-state index contributed by atoms with van der Waals surface area (Å²) in [5.74, 6) is -8.46. The quantitative estimate of drug-likeness (QED) is 0.268. The molecule has 2 aliphatic rings. The molecule has 45 heavy (non-hydrogen) atoms. The molecule has 1 aromatic heterocycles. The van der Waals surface area contributed by atoms with Gasteiger partial charge in [0.1, 0.15) is 12.1 Å². The number of piperidine rings is 1. The van der Waals surface area contributed by atoms with Crippen molar-refractivity contribution in [1.82, 2.24) is 19.7 Å². The Hall–Kier alpha value is -4.30. The summed E-state index contributed by atoms with van der Waals surface area (Å²) in [6, 6.07) is 3.77. The van der Waals surface area contributed by atoms with E-state index in [2.05, 4.69) is 4.98 Å². The SMILES string of the molecule is CC(C)[C@H](N)C(=O)N(C(=O)CN1CCC(CC(=O)O)C(=O)C1=O)C(=O)[C@@H]1CCCN1[C@H](C(=O)c1nc2ccccc2o1)C(C)C. The minimum atomic E-state index is -1.23. The summed E-state index contributed by atoms with van der Waals surface area (Å²) in [6.45, 7) is 6.39. The number of imide groups is 3. The fourth-order valence-electron chi connectivity index (χ4n) is 5.93. The van der Waals surface area contributed by atoms with E-state index in [0.717, 1.165) is 4.90 Å². The first kappa shape index (κ1) is 33.6. The Balaban J connectivity index is 1.61. The van der Waals surface area contributed by atoms with Crippen molar-refractivity contribution in [3.05, 3.63) is 30.2 Å². The number of rotatable bonds is 11. The summed E-state index contributed by atoms with van der Waals surface area (Å²) in [5, 5.41) is 9.04. The number of aliphatic carboxylic acids is 1. The van der Waals surface area contributed by atoms with Crippen molar-refractivity contribution in [1.29, 1.82) is 0 Å². The average Bonchev–Trinajstić information content (AvgIpc) is 3.64. The van der Waals surface area contributed by atoms with E-state index in [9.17, 15) is 33.6 Å². The second-order valence-corrected chi connectivity index (χ2v) is 12.3. The maximum atomic E-state index is 14.2. The van der Waals surface area contributed by atoms with Gasteiger partial charge in [-0.25, -0.2) is 9.88 Å². The highest BCUT2D eigenvalue weighted by molar-refractivity contribution is 6.38. The third-order valence-electron chi connectivity index (χ3n) is 8.40. The molecule has 2 saturated heterocycles. The van der Waals surface area contributed by atoms with Crippen LogP contribution in [0.2, 0.25) is 0 Å². The number of nitrogens with zero attached hydrogens (tertiary/aromatic N) is 4. The van der Waals surface area contributed by atoms with Gasteiger partial charge in [0, 0.05) is 12.5 Å². The Morgan fingerprint density at radius 1 is 1.04 bits per heavy atom. The van der Waals surface area contributed by atoms with Crippen LogP contribution in [0.4, 0.5) is 0 Å². The first-order valence-electron chi connectivity index (χ1n) is 15.1. The number of carbonyl (C=O) groups is 7. The van der Waals surface area contributed by atoms with Crippen LogP contribution in [0.15, 0.2) is 28.7 Å². The number of Topliss-reactive ketones (excluding diaryl/α,β-unsaturated/α-hetero) is 2. The van der Waals surface area contributed by atoms with Crippen molar-refractivity contribution in [2.45, 2.75) is 71.5 Å². The van der Waals surface area contributed by atoms with Gasteiger partial charge in [-0.05, 0) is 49.8 Å². The predicted octanol–water partition coefficient (Wildman–Crippen LogP) is 1.26. The molecule has 14 heteroatoms. The number of amides is 4. The Kier molecular flexibility index (Phi) is 10.3. The monoisotopic (exact) mass is 625 g/mol. The number of carbonyl (C=O) groups excluding carboxylic acids is 6. The van der Waals surface area contributed by atoms with Crippen LogP contribution in [0.1, 0.15) is 64.1 Å². The van der Waals surface area contributed by atoms with Crippen molar-refractivity contribution < 1.29 is 43.1 Å². The van der Waals surface area contributed by atoms with Crippen molar-refractivity contribution in [2.24, 2.45) is 23.5 Å². The maximum Gasteiger partial charge on any atom is 0.304 e. The molecule has 0 radical (unpaired) electrons. The van der Waals surface area contributed by atoms with Gasteiger partial charge in [-0.1, -0.05) is 39.8 Å². The number of ketones is 2. The first-order valence-corrected chi connectivity index (χ1v) is 15.1. The van der Waals surface area contributed by atoms with Crippen LogP contribution in [0, 0.1) is 17.8 Å². The number of fused-ring (bicyclic) bond motifs is 1. The number of likely N-dealkylation sites (tertiary alicyclic amines) is 2. The third kappa shape index (κ3) is 7.01. The Morgan fingerprint density at radius 3 is 2.36 bits per heavy atom. The number of benzene rings is 1. The van der Waals surface area contributed by atoms with Gasteiger partial charge in [0.2, 0.25) is 11.6 Å². The summed E-state index contributed by atoms with van der Waals surface area (Å²) in [4.78, 5) is 98.9. The number of para-hydroxylation sites is 2. The van der Waals surface area contributed by atoms with Crippen LogP contribution in [-0.4, -0.2) is 104 Å². The van der Waals surface area contributed by atoms with E-state index in [1.54, 1.807) is 43.0 Å². The van der Waals surface area contributed by atoms with Gasteiger partial charge in [-0.2, -0.15) is 0 Å². The lowest BCUT2D eigenvalue weighted by Crippen LogP contribution is -2.60. The molecule has 0 aliphatic carbocycles. The van der Waals surface area contributed by atoms with Gasteiger partial charge in [0.25, 0.3) is 29.5 Å². The average molecular weight is 626 g/mol. The highest BCUT2D eigenvalue weighted by Gasteiger charge is 2.47. The van der Waals surface area contributed by atoms with Crippen LogP contribution >= 0.6 is 0 Å². The van der Waals surface area contributed by atoms with Gasteiger partial charge in [0.15, 0.2) is 5.58 Å². The molecular weight excluding hydrogens is 586 g/mol. The highest BCUT2D eigenvalue weighted by Crippen LogP contribution is 2.29. The Morgan fingerprint density at radius 2 is 1.73 bits per heavy atom. The molecule has 4 amide bonds. The second-order valence-electron chi connectivity index (χ2n) is 12.3. The number of aromatic nitrogens is 1. The molecule has 2 fully saturated rings. The molecule has 3 N–H and O–H groups in total. The topological polar surface area (TPSA) is 201 Å². The largest absolute Gasteiger partial charge is 0.481 e. The zero-order valence-electron chi connectivity index (χ0n) is 25.8. The number of carboxylic acid groups (broad SMARTS) is 1. The van der Waals surface area contributed by atoms with Gasteiger partial charge in [-0.15, -0.1) is 0 Å². The molecule has 0 saturated carbocycles. The van der Waals surface area contributed by atoms with E-state index in [0.29, 0.717) is 29.0 Å². The van der Waals surface area contributed by atoms with Crippen LogP contribution in [0.3, 0.4) is 0 Å². The fraction of sp³-hybridized carbons (Fsp3) is 0.548. The van der Waals surface area contributed by atoms with Gasteiger partial charge in [-0.3, -0.25) is 38.5 Å². The molecule has 242 valence electrons. The molecule has 3 heterocycles. The van der Waals surface area contributed by atoms with Crippen LogP contribution in [-0.2, 0) is 28.8 Å². The molecular formula is C31H39N5O9. The number of carboxylic acids is 1. The zero-order valence-corrected chi connectivity index (χ0v) is 25.8. The molecule has 14 nitrogen and oxygen atoms in total. The van der Waals surface area contributed by atoms with Gasteiger partial charge < -0.3 is 20.2 Å². The summed E-state index contributed by atoms with van der Waals surface area (Å²) in [7, 11) is 0. The van der Waals surface area contributed by atoms with Crippen molar-refractivity contribution in [3.63, 3.8) is 0 Å². The molecule has 0 bridgehead atoms. The molecule has 2 aliphatic heterocycles. The van der Waals surface area contributed by atoms with Crippen LogP contribution < -0.4 is 5.73 Å². The smallest absolute Gasteiger partial charge is 0.304 e. The van der Waals surface area contributed by atoms with Crippen LogP contribution in [0.5, 0.6) is 0 Å². The van der Waals surface area contributed by atoms with E-state index < -0.39 is 84.1 Å². The highest BCUT2D eigenvalue weighted by atomic mass is 16.4. The van der Waals surface area contributed by atoms with E-state index in [1.165, 1.54) is 0 Å².